The Morgan fingerprint density at radius 2 is 1.60 bits per heavy atom. The van der Waals surface area contributed by atoms with E-state index in [1.54, 1.807) is 19.1 Å². The molecule has 5 aromatic rings. The number of allylic oxidation sites excluding steroid dienone is 1. The summed E-state index contributed by atoms with van der Waals surface area (Å²) in [7, 11) is 1.34. The molecule has 12 nitrogen and oxygen atoms in total. The molecule has 0 spiro atoms. The number of ketones is 1. The lowest BCUT2D eigenvalue weighted by molar-refractivity contribution is -0.137. The zero-order valence-electron chi connectivity index (χ0n) is 27.9. The predicted molar refractivity (Wildman–Crippen MR) is 189 cm³/mol. The third kappa shape index (κ3) is 5.26. The van der Waals surface area contributed by atoms with Crippen LogP contribution in [0.3, 0.4) is 0 Å². The van der Waals surface area contributed by atoms with E-state index in [2.05, 4.69) is 5.32 Å². The minimum absolute atomic E-state index is 0.0206. The van der Waals surface area contributed by atoms with Crippen LogP contribution in [0.25, 0.3) is 49.2 Å². The summed E-state index contributed by atoms with van der Waals surface area (Å²) in [4.78, 5) is 64.1. The van der Waals surface area contributed by atoms with Crippen molar-refractivity contribution >= 4 is 73.1 Å². The second kappa shape index (κ2) is 13.5. The van der Waals surface area contributed by atoms with Crippen molar-refractivity contribution in [2.75, 3.05) is 25.6 Å². The molecule has 0 radical (unpaired) electrons. The second-order valence-electron chi connectivity index (χ2n) is 12.7. The molecular weight excluding hydrogens is 646 g/mol. The SMILES string of the molecule is COc1c2c3c4c(c(CCCCC(=O)O)c(O)c5c(=O)cc(CO)c(c6c(CO)cc(NCCCOC=O)c(c1=O)c63)c54)C=C(C)C2C(C)=O. The van der Waals surface area contributed by atoms with Gasteiger partial charge in [-0.2, -0.15) is 0 Å². The molecule has 0 heterocycles. The summed E-state index contributed by atoms with van der Waals surface area (Å²) in [5.74, 6) is -2.56. The van der Waals surface area contributed by atoms with Crippen molar-refractivity contribution in [2.45, 2.75) is 65.1 Å². The molecule has 5 aromatic carbocycles. The molecule has 0 amide bonds. The summed E-state index contributed by atoms with van der Waals surface area (Å²) < 4.78 is 10.7. The fraction of sp³-hybridized carbons (Fsp3) is 0.342. The van der Waals surface area contributed by atoms with Gasteiger partial charge in [0.25, 0.3) is 6.47 Å². The van der Waals surface area contributed by atoms with Crippen LogP contribution in [0, 0.1) is 0 Å². The average molecular weight is 684 g/mol. The molecule has 6 rings (SSSR count). The first kappa shape index (κ1) is 34.5. The number of carboxylic acids is 1. The third-order valence-electron chi connectivity index (χ3n) is 9.80. The van der Waals surface area contributed by atoms with Crippen LogP contribution in [0.5, 0.6) is 11.5 Å². The van der Waals surface area contributed by atoms with Gasteiger partial charge in [0.05, 0.1) is 43.6 Å². The minimum atomic E-state index is -0.960. The van der Waals surface area contributed by atoms with E-state index in [1.165, 1.54) is 20.1 Å². The number of anilines is 1. The van der Waals surface area contributed by atoms with E-state index >= 15 is 0 Å². The number of unbranched alkanes of at least 4 members (excludes halogenated alkanes) is 1. The number of fused-ring (bicyclic) bond motifs is 1. The van der Waals surface area contributed by atoms with E-state index in [9.17, 15) is 44.4 Å². The number of aliphatic carboxylic acids is 1. The Labute approximate surface area is 285 Å². The van der Waals surface area contributed by atoms with E-state index < -0.39 is 36.0 Å². The number of Topliss-reactive ketones (excluding diaryl/α,β-unsaturated/α-hetero) is 1. The molecule has 0 aliphatic heterocycles. The van der Waals surface area contributed by atoms with E-state index in [0.717, 1.165) is 0 Å². The van der Waals surface area contributed by atoms with Crippen molar-refractivity contribution < 1.29 is 44.3 Å². The Kier molecular flexibility index (Phi) is 9.34. The number of aliphatic hydroxyl groups is 2. The van der Waals surface area contributed by atoms with Crippen molar-refractivity contribution in [1.29, 1.82) is 0 Å². The number of aromatic hydroxyl groups is 1. The lowest BCUT2D eigenvalue weighted by atomic mass is 9.78. The van der Waals surface area contributed by atoms with Gasteiger partial charge in [-0.1, -0.05) is 11.6 Å². The van der Waals surface area contributed by atoms with E-state index in [-0.39, 0.29) is 59.6 Å². The van der Waals surface area contributed by atoms with E-state index in [1.807, 2.05) is 0 Å². The van der Waals surface area contributed by atoms with Gasteiger partial charge < -0.3 is 35.2 Å². The molecule has 0 saturated heterocycles. The number of phenols is 1. The van der Waals surface area contributed by atoms with Crippen LogP contribution in [-0.4, -0.2) is 58.9 Å². The predicted octanol–water partition coefficient (Wildman–Crippen LogP) is 4.46. The van der Waals surface area contributed by atoms with Crippen LogP contribution in [0.15, 0.2) is 27.3 Å². The topological polar surface area (TPSA) is 197 Å². The van der Waals surface area contributed by atoms with Gasteiger partial charge in [0, 0.05) is 40.6 Å². The molecule has 260 valence electrons. The highest BCUT2D eigenvalue weighted by Gasteiger charge is 2.36. The molecule has 0 saturated carbocycles. The average Bonchev–Trinajstić information content (AvgIpc) is 3.21. The normalized spacial score (nSPS) is 14.1. The van der Waals surface area contributed by atoms with Crippen molar-refractivity contribution in [2.24, 2.45) is 0 Å². The molecule has 1 aliphatic rings. The first-order chi connectivity index (χ1) is 24.0. The number of hydrogen-bond acceptors (Lipinski definition) is 11. The third-order valence-corrected chi connectivity index (χ3v) is 9.80. The highest BCUT2D eigenvalue weighted by atomic mass is 16.5. The summed E-state index contributed by atoms with van der Waals surface area (Å²) in [5, 5.41) is 48.5. The number of hydrogen-bond donors (Lipinski definition) is 5. The fourth-order valence-corrected chi connectivity index (χ4v) is 7.91. The maximum atomic E-state index is 14.6. The molecule has 0 aromatic heterocycles. The minimum Gasteiger partial charge on any atom is -0.507 e. The summed E-state index contributed by atoms with van der Waals surface area (Å²) in [6, 6.07) is 2.86. The van der Waals surface area contributed by atoms with Crippen LogP contribution in [0.4, 0.5) is 5.69 Å². The zero-order chi connectivity index (χ0) is 36.0. The first-order valence-corrected chi connectivity index (χ1v) is 16.4. The Morgan fingerprint density at radius 3 is 2.22 bits per heavy atom. The number of rotatable bonds is 15. The number of ether oxygens (including phenoxy) is 2. The monoisotopic (exact) mass is 683 g/mol. The van der Waals surface area contributed by atoms with E-state index in [4.69, 9.17) is 9.47 Å². The fourth-order valence-electron chi connectivity index (χ4n) is 7.91. The van der Waals surface area contributed by atoms with Gasteiger partial charge in [-0.05, 0) is 89.9 Å². The number of aliphatic hydroxyl groups excluding tert-OH is 2. The maximum absolute atomic E-state index is 14.6. The molecule has 1 atom stereocenters. The number of phenolic OH excluding ortho intramolecular Hbond substituents is 1. The summed E-state index contributed by atoms with van der Waals surface area (Å²) >= 11 is 0. The van der Waals surface area contributed by atoms with Gasteiger partial charge in [0.2, 0.25) is 5.43 Å². The zero-order valence-corrected chi connectivity index (χ0v) is 27.9. The maximum Gasteiger partial charge on any atom is 0.303 e. The summed E-state index contributed by atoms with van der Waals surface area (Å²) in [5.41, 5.74) is 1.63. The van der Waals surface area contributed by atoms with Crippen LogP contribution in [-0.2, 0) is 38.8 Å². The van der Waals surface area contributed by atoms with Gasteiger partial charge >= 0.3 is 5.97 Å². The Hall–Kier alpha value is -5.33. The molecule has 0 fully saturated rings. The van der Waals surface area contributed by atoms with E-state index in [0.29, 0.717) is 91.6 Å². The van der Waals surface area contributed by atoms with Crippen LogP contribution in [0.1, 0.15) is 73.3 Å². The molecule has 5 N–H and O–H groups in total. The summed E-state index contributed by atoms with van der Waals surface area (Å²) in [6.45, 7) is 2.85. The van der Waals surface area contributed by atoms with Crippen molar-refractivity contribution in [3.8, 4) is 11.5 Å². The molecule has 50 heavy (non-hydrogen) atoms. The van der Waals surface area contributed by atoms with Crippen LogP contribution < -0.4 is 20.9 Å². The Bertz CT molecular complexity index is 2360. The van der Waals surface area contributed by atoms with Gasteiger partial charge in [-0.15, -0.1) is 0 Å². The quantitative estimate of drug-likeness (QED) is 0.0451. The lowest BCUT2D eigenvalue weighted by Gasteiger charge is -2.26. The highest BCUT2D eigenvalue weighted by Crippen LogP contribution is 2.54. The van der Waals surface area contributed by atoms with Gasteiger partial charge in [0.1, 0.15) is 11.5 Å². The van der Waals surface area contributed by atoms with Crippen molar-refractivity contribution in [3.05, 3.63) is 66.0 Å². The van der Waals surface area contributed by atoms with Crippen LogP contribution in [0.2, 0.25) is 0 Å². The lowest BCUT2D eigenvalue weighted by Crippen LogP contribution is -2.19. The number of benzene rings is 5. The van der Waals surface area contributed by atoms with Crippen LogP contribution >= 0.6 is 0 Å². The van der Waals surface area contributed by atoms with Gasteiger partial charge in [0.15, 0.2) is 11.2 Å². The second-order valence-corrected chi connectivity index (χ2v) is 12.7. The highest BCUT2D eigenvalue weighted by molar-refractivity contribution is 6.39. The largest absolute Gasteiger partial charge is 0.507 e. The molecule has 0 bridgehead atoms. The summed E-state index contributed by atoms with van der Waals surface area (Å²) in [6.07, 6.45) is 2.97. The molecular formula is C38H37NO11. The first-order valence-electron chi connectivity index (χ1n) is 16.4. The number of nitrogens with one attached hydrogen (secondary N) is 1. The van der Waals surface area contributed by atoms with Crippen molar-refractivity contribution in [1.82, 2.24) is 0 Å². The smallest absolute Gasteiger partial charge is 0.303 e. The van der Waals surface area contributed by atoms with Gasteiger partial charge in [-0.25, -0.2) is 0 Å². The standard InChI is InChI=1S/C38H37NO11/c1-17-11-22-21(7-4-5-8-25(45)46)36(47)31-24(44)13-20(15-41)28-27-19(14-40)12-23(39-9-6-10-50-16-42)30-33(27)34(29(22)32(28)31)35(26(17)18(2)43)38(49-3)37(30)48/h11-13,16,26,39-41,47H,4-10,14-15H2,1-3H3,(H,45,46). The number of carboxylic acid groups (broad SMARTS) is 1. The van der Waals surface area contributed by atoms with Crippen molar-refractivity contribution in [3.63, 3.8) is 0 Å². The number of carbonyl (C=O) groups excluding carboxylic acids is 2. The Morgan fingerprint density at radius 1 is 0.920 bits per heavy atom. The molecule has 12 heteroatoms. The molecule has 1 unspecified atom stereocenters. The Balaban J connectivity index is 1.91. The number of methoxy groups -OCH3 is 1. The number of carbonyl (C=O) groups is 3. The van der Waals surface area contributed by atoms with Gasteiger partial charge in [-0.3, -0.25) is 24.0 Å². The molecule has 1 aliphatic carbocycles.